The lowest BCUT2D eigenvalue weighted by Crippen LogP contribution is -2.38. The molecule has 192 valence electrons. The van der Waals surface area contributed by atoms with Gasteiger partial charge in [-0.3, -0.25) is 14.4 Å². The monoisotopic (exact) mass is 513 g/mol. The first-order chi connectivity index (χ1) is 16.0. The summed E-state index contributed by atoms with van der Waals surface area (Å²) >= 11 is 7.18. The molecule has 0 aromatic heterocycles. The summed E-state index contributed by atoms with van der Waals surface area (Å²) in [5.74, 6) is -0.499. The van der Waals surface area contributed by atoms with Gasteiger partial charge in [-0.05, 0) is 49.1 Å². The van der Waals surface area contributed by atoms with Crippen LogP contribution in [0.3, 0.4) is 0 Å². The van der Waals surface area contributed by atoms with Gasteiger partial charge in [0.2, 0.25) is 11.8 Å². The maximum Gasteiger partial charge on any atom is 0.233 e. The Labute approximate surface area is 214 Å². The van der Waals surface area contributed by atoms with Crippen molar-refractivity contribution in [3.8, 4) is 0 Å². The molecule has 0 radical (unpaired) electrons. The molecule has 0 saturated heterocycles. The summed E-state index contributed by atoms with van der Waals surface area (Å²) in [7, 11) is 0. The molecule has 2 amide bonds. The smallest absolute Gasteiger partial charge is 0.233 e. The van der Waals surface area contributed by atoms with E-state index in [-0.39, 0.29) is 28.7 Å². The van der Waals surface area contributed by atoms with Crippen molar-refractivity contribution in [3.05, 3.63) is 23.0 Å². The molecule has 0 saturated carbocycles. The van der Waals surface area contributed by atoms with Crippen LogP contribution < -0.4 is 4.90 Å². The van der Waals surface area contributed by atoms with Gasteiger partial charge >= 0.3 is 0 Å². The number of imide groups is 1. The number of amides is 2. The predicted molar refractivity (Wildman–Crippen MR) is 141 cm³/mol. The van der Waals surface area contributed by atoms with Crippen LogP contribution in [0.2, 0.25) is 5.02 Å². The zero-order chi connectivity index (χ0) is 25.8. The summed E-state index contributed by atoms with van der Waals surface area (Å²) in [4.78, 5) is 40.1. The lowest BCUT2D eigenvalue weighted by atomic mass is 10.0. The van der Waals surface area contributed by atoms with Crippen LogP contribution in [0.5, 0.6) is 0 Å². The Bertz CT molecular complexity index is 806. The number of benzene rings is 1. The first-order valence-corrected chi connectivity index (χ1v) is 13.8. The molecule has 1 rings (SSSR count). The summed E-state index contributed by atoms with van der Waals surface area (Å²) in [5.41, 5.74) is -0.120. The van der Waals surface area contributed by atoms with Gasteiger partial charge in [-0.25, -0.2) is 9.29 Å². The highest BCUT2D eigenvalue weighted by molar-refractivity contribution is 8.13. The van der Waals surface area contributed by atoms with Crippen LogP contribution in [0.1, 0.15) is 99.3 Å². The van der Waals surface area contributed by atoms with Crippen molar-refractivity contribution < 1.29 is 18.8 Å². The molecule has 0 bridgehead atoms. The number of carbonyl (C=O) groups excluding carboxylic acids is 3. The van der Waals surface area contributed by atoms with Gasteiger partial charge in [0.15, 0.2) is 5.12 Å². The molecular weight excluding hydrogens is 473 g/mol. The van der Waals surface area contributed by atoms with Crippen molar-refractivity contribution in [2.24, 2.45) is 17.8 Å². The van der Waals surface area contributed by atoms with Gasteiger partial charge in [-0.2, -0.15) is 0 Å². The van der Waals surface area contributed by atoms with Crippen molar-refractivity contribution in [1.82, 2.24) is 0 Å². The van der Waals surface area contributed by atoms with Gasteiger partial charge in [-0.1, -0.05) is 84.2 Å². The minimum absolute atomic E-state index is 0.0718. The van der Waals surface area contributed by atoms with Gasteiger partial charge in [-0.15, -0.1) is 0 Å². The average molecular weight is 514 g/mol. The topological polar surface area (TPSA) is 54.5 Å². The Morgan fingerprint density at radius 1 is 0.853 bits per heavy atom. The first-order valence-electron chi connectivity index (χ1n) is 12.6. The molecule has 0 heterocycles. The molecule has 0 aliphatic rings. The van der Waals surface area contributed by atoms with E-state index in [1.54, 1.807) is 0 Å². The molecular formula is C27H41ClFNO3S. The van der Waals surface area contributed by atoms with Gasteiger partial charge in [0.05, 0.1) is 10.7 Å². The van der Waals surface area contributed by atoms with Crippen LogP contribution >= 0.6 is 23.4 Å². The summed E-state index contributed by atoms with van der Waals surface area (Å²) in [6.07, 6.45) is 5.53. The molecule has 0 aliphatic heterocycles. The third kappa shape index (κ3) is 10.1. The summed E-state index contributed by atoms with van der Waals surface area (Å²) in [6, 6.07) is 2.48. The second-order valence-corrected chi connectivity index (χ2v) is 11.0. The van der Waals surface area contributed by atoms with Crippen molar-refractivity contribution in [1.29, 1.82) is 0 Å². The third-order valence-corrected chi connectivity index (χ3v) is 8.01. The Hall–Kier alpha value is -1.40. The molecule has 0 spiro atoms. The highest BCUT2D eigenvalue weighted by Crippen LogP contribution is 2.36. The third-order valence-electron chi connectivity index (χ3n) is 6.60. The van der Waals surface area contributed by atoms with Crippen LogP contribution in [0.25, 0.3) is 0 Å². The van der Waals surface area contributed by atoms with E-state index in [0.29, 0.717) is 41.9 Å². The van der Waals surface area contributed by atoms with Crippen molar-refractivity contribution >= 4 is 46.0 Å². The van der Waals surface area contributed by atoms with E-state index in [2.05, 4.69) is 13.8 Å². The molecule has 7 heteroatoms. The molecule has 0 aliphatic carbocycles. The fraction of sp³-hybridized carbons (Fsp3) is 0.667. The van der Waals surface area contributed by atoms with E-state index in [0.717, 1.165) is 48.4 Å². The fourth-order valence-corrected chi connectivity index (χ4v) is 4.35. The number of rotatable bonds is 14. The number of carbonyl (C=O) groups is 3. The highest BCUT2D eigenvalue weighted by Gasteiger charge is 2.28. The van der Waals surface area contributed by atoms with Crippen molar-refractivity contribution in [3.63, 3.8) is 0 Å². The van der Waals surface area contributed by atoms with Crippen LogP contribution in [-0.2, 0) is 14.4 Å². The number of hydrogen-bond donors (Lipinski definition) is 0. The average Bonchev–Trinajstić information content (AvgIpc) is 2.81. The molecule has 1 aromatic carbocycles. The van der Waals surface area contributed by atoms with E-state index in [9.17, 15) is 14.4 Å². The highest BCUT2D eigenvalue weighted by atomic mass is 35.5. The number of thioether (sulfide) groups is 1. The lowest BCUT2D eigenvalue weighted by Gasteiger charge is -2.24. The van der Waals surface area contributed by atoms with E-state index in [1.165, 1.54) is 6.07 Å². The molecule has 0 N–H and O–H groups in total. The molecule has 3 unspecified atom stereocenters. The fourth-order valence-electron chi connectivity index (χ4n) is 3.29. The van der Waals surface area contributed by atoms with Crippen molar-refractivity contribution in [2.75, 3.05) is 4.90 Å². The molecule has 0 fully saturated rings. The summed E-state index contributed by atoms with van der Waals surface area (Å²) in [6.45, 7) is 12.4. The predicted octanol–water partition coefficient (Wildman–Crippen LogP) is 8.44. The van der Waals surface area contributed by atoms with Crippen LogP contribution in [0.15, 0.2) is 17.0 Å². The number of hydrogen-bond acceptors (Lipinski definition) is 4. The van der Waals surface area contributed by atoms with Gasteiger partial charge in [0.25, 0.3) is 0 Å². The Kier molecular flexibility index (Phi) is 14.0. The number of nitrogens with zero attached hydrogens (tertiary/aromatic N) is 1. The van der Waals surface area contributed by atoms with E-state index >= 15 is 4.39 Å². The van der Waals surface area contributed by atoms with Crippen LogP contribution in [-0.4, -0.2) is 16.9 Å². The zero-order valence-corrected chi connectivity index (χ0v) is 23.2. The maximum atomic E-state index is 15.0. The zero-order valence-electron chi connectivity index (χ0n) is 21.6. The van der Waals surface area contributed by atoms with Gasteiger partial charge < -0.3 is 0 Å². The summed E-state index contributed by atoms with van der Waals surface area (Å²) in [5, 5.41) is 0.0275. The Morgan fingerprint density at radius 3 is 1.74 bits per heavy atom. The SMILES string of the molecule is CCC(C)CCC(=O)Sc1cc(N(C(=O)CCC(C)CC)C(=O)CCC(C)CC)c(F)cc1Cl. The molecule has 3 atom stereocenters. The molecule has 34 heavy (non-hydrogen) atoms. The quantitative estimate of drug-likeness (QED) is 0.234. The Balaban J connectivity index is 3.22. The van der Waals surface area contributed by atoms with Gasteiger partial charge in [0, 0.05) is 24.2 Å². The second-order valence-electron chi connectivity index (χ2n) is 9.49. The van der Waals surface area contributed by atoms with Gasteiger partial charge in [0.1, 0.15) is 5.82 Å². The normalized spacial score (nSPS) is 13.9. The molecule has 4 nitrogen and oxygen atoms in total. The van der Waals surface area contributed by atoms with E-state index in [1.807, 2.05) is 27.7 Å². The van der Waals surface area contributed by atoms with Crippen LogP contribution in [0, 0.1) is 23.6 Å². The standard InChI is InChI=1S/C27H41ClFNO3S/c1-7-18(4)10-13-25(31)30(26(32)14-11-19(5)8-2)23-17-24(21(28)16-22(23)29)34-27(33)15-12-20(6)9-3/h16-20H,7-15H2,1-6H3. The number of halogens is 2. The first kappa shape index (κ1) is 30.6. The van der Waals surface area contributed by atoms with E-state index < -0.39 is 17.6 Å². The summed E-state index contributed by atoms with van der Waals surface area (Å²) < 4.78 is 15.0. The maximum absolute atomic E-state index is 15.0. The molecule has 1 aromatic rings. The minimum atomic E-state index is -0.741. The minimum Gasteiger partial charge on any atom is -0.287 e. The largest absolute Gasteiger partial charge is 0.287 e. The number of anilines is 1. The van der Waals surface area contributed by atoms with Crippen molar-refractivity contribution in [2.45, 2.75) is 104 Å². The lowest BCUT2D eigenvalue weighted by molar-refractivity contribution is -0.127. The Morgan fingerprint density at radius 2 is 1.29 bits per heavy atom. The van der Waals surface area contributed by atoms with Crippen LogP contribution in [0.4, 0.5) is 10.1 Å². The second kappa shape index (κ2) is 15.6. The van der Waals surface area contributed by atoms with E-state index in [4.69, 9.17) is 11.6 Å².